The molecule has 0 aromatic carbocycles. The summed E-state index contributed by atoms with van der Waals surface area (Å²) in [4.78, 5) is 1.82. The van der Waals surface area contributed by atoms with Gasteiger partial charge in [0, 0.05) is 9.70 Å². The van der Waals surface area contributed by atoms with Crippen LogP contribution in [0.25, 0.3) is 0 Å². The van der Waals surface area contributed by atoms with Gasteiger partial charge in [-0.15, -0.1) is 11.3 Å². The van der Waals surface area contributed by atoms with Gasteiger partial charge in [0.05, 0.1) is 8.81 Å². The van der Waals surface area contributed by atoms with Crippen LogP contribution in [0.4, 0.5) is 0 Å². The minimum absolute atomic E-state index is 0.472. The summed E-state index contributed by atoms with van der Waals surface area (Å²) in [5, 5.41) is 0.843. The van der Waals surface area contributed by atoms with E-state index in [1.807, 2.05) is 0 Å². The third-order valence-corrected chi connectivity index (χ3v) is 7.25. The van der Waals surface area contributed by atoms with Crippen molar-refractivity contribution in [1.82, 2.24) is 0 Å². The van der Waals surface area contributed by atoms with E-state index in [4.69, 9.17) is 11.6 Å². The molecule has 1 aromatic heterocycles. The first-order valence-corrected chi connectivity index (χ1v) is 9.16. The van der Waals surface area contributed by atoms with Crippen molar-refractivity contribution >= 4 is 54.8 Å². The molecule has 2 rings (SSSR count). The second kappa shape index (κ2) is 6.93. The van der Waals surface area contributed by atoms with Crippen LogP contribution < -0.4 is 0 Å². The molecule has 0 saturated heterocycles. The molecule has 0 aliphatic heterocycles. The predicted octanol–water partition coefficient (Wildman–Crippen LogP) is 6.96. The summed E-state index contributed by atoms with van der Waals surface area (Å²) in [5.41, 5.74) is 0. The second-order valence-electron chi connectivity index (χ2n) is 4.83. The lowest BCUT2D eigenvalue weighted by Gasteiger charge is -2.17. The molecule has 0 spiro atoms. The molecule has 1 unspecified atom stereocenters. The molecule has 0 N–H and O–H groups in total. The number of hydrogen-bond donors (Lipinski definition) is 0. The molecule has 1 heterocycles. The molecule has 1 saturated carbocycles. The van der Waals surface area contributed by atoms with Gasteiger partial charge in [0.1, 0.15) is 0 Å². The second-order valence-corrected chi connectivity index (χ2v) is 8.75. The van der Waals surface area contributed by atoms with Crippen LogP contribution in [-0.4, -0.2) is 0 Å². The van der Waals surface area contributed by atoms with Gasteiger partial charge in [-0.3, -0.25) is 0 Å². The van der Waals surface area contributed by atoms with E-state index in [2.05, 4.69) is 37.9 Å². The first-order chi connectivity index (χ1) is 8.16. The molecule has 0 nitrogen and oxygen atoms in total. The van der Waals surface area contributed by atoms with Gasteiger partial charge in [-0.2, -0.15) is 0 Å². The third-order valence-electron chi connectivity index (χ3n) is 3.49. The van der Waals surface area contributed by atoms with E-state index in [-0.39, 0.29) is 0 Å². The fourth-order valence-electron chi connectivity index (χ4n) is 2.53. The maximum Gasteiger partial charge on any atom is 0.0887 e. The maximum atomic E-state index is 6.09. The Labute approximate surface area is 129 Å². The largest absolute Gasteiger partial charge is 0.130 e. The highest BCUT2D eigenvalue weighted by molar-refractivity contribution is 9.11. The lowest BCUT2D eigenvalue weighted by atomic mass is 9.94. The number of hydrogen-bond acceptors (Lipinski definition) is 1. The van der Waals surface area contributed by atoms with E-state index >= 15 is 0 Å². The molecule has 1 aliphatic carbocycles. The number of rotatable bonds is 3. The summed E-state index contributed by atoms with van der Waals surface area (Å²) in [6, 6.07) is 2.09. The molecule has 1 atom stereocenters. The average Bonchev–Trinajstić information content (AvgIpc) is 2.54. The Hall–Kier alpha value is 0.950. The van der Waals surface area contributed by atoms with Gasteiger partial charge in [-0.05, 0) is 34.3 Å². The van der Waals surface area contributed by atoms with Crippen LogP contribution in [0.5, 0.6) is 0 Å². The van der Waals surface area contributed by atoms with Crippen LogP contribution in [0.15, 0.2) is 9.85 Å². The molecule has 1 fully saturated rings. The van der Waals surface area contributed by atoms with Crippen LogP contribution in [-0.2, 0) is 0 Å². The van der Waals surface area contributed by atoms with Crippen LogP contribution in [0.2, 0.25) is 5.02 Å². The van der Waals surface area contributed by atoms with E-state index in [1.165, 1.54) is 49.8 Å². The zero-order chi connectivity index (χ0) is 12.3. The SMILES string of the molecule is Clc1cc(C(Br)CC2CCCCCC2)sc1Br. The molecule has 1 aliphatic rings. The highest BCUT2D eigenvalue weighted by Crippen LogP contribution is 2.42. The number of alkyl halides is 1. The van der Waals surface area contributed by atoms with Gasteiger partial charge >= 0.3 is 0 Å². The minimum Gasteiger partial charge on any atom is -0.130 e. The summed E-state index contributed by atoms with van der Waals surface area (Å²) in [5.74, 6) is 0.890. The molecule has 96 valence electrons. The molecule has 4 heteroatoms. The highest BCUT2D eigenvalue weighted by atomic mass is 79.9. The zero-order valence-corrected chi connectivity index (χ0v) is 14.5. The lowest BCUT2D eigenvalue weighted by Crippen LogP contribution is -2.02. The summed E-state index contributed by atoms with van der Waals surface area (Å²) >= 11 is 15.2. The van der Waals surface area contributed by atoms with Crippen molar-refractivity contribution in [3.8, 4) is 0 Å². The predicted molar refractivity (Wildman–Crippen MR) is 84.5 cm³/mol. The van der Waals surface area contributed by atoms with Gasteiger partial charge in [-0.1, -0.05) is 66.1 Å². The first-order valence-electron chi connectivity index (χ1n) is 6.25. The van der Waals surface area contributed by atoms with Gasteiger partial charge in [-0.25, -0.2) is 0 Å². The summed E-state index contributed by atoms with van der Waals surface area (Å²) in [6.07, 6.45) is 9.76. The third kappa shape index (κ3) is 4.22. The van der Waals surface area contributed by atoms with E-state index in [1.54, 1.807) is 11.3 Å². The van der Waals surface area contributed by atoms with Crippen LogP contribution in [0.1, 0.15) is 54.7 Å². The van der Waals surface area contributed by atoms with Crippen LogP contribution in [0, 0.1) is 5.92 Å². The van der Waals surface area contributed by atoms with E-state index < -0.39 is 0 Å². The van der Waals surface area contributed by atoms with Gasteiger partial charge < -0.3 is 0 Å². The minimum atomic E-state index is 0.472. The van der Waals surface area contributed by atoms with Crippen LogP contribution >= 0.6 is 54.8 Å². The van der Waals surface area contributed by atoms with Gasteiger partial charge in [0.2, 0.25) is 0 Å². The van der Waals surface area contributed by atoms with E-state index in [0.29, 0.717) is 4.83 Å². The Bertz CT molecular complexity index is 337. The normalized spacial score (nSPS) is 20.2. The van der Waals surface area contributed by atoms with Crippen molar-refractivity contribution < 1.29 is 0 Å². The van der Waals surface area contributed by atoms with Crippen LogP contribution in [0.3, 0.4) is 0 Å². The molecule has 17 heavy (non-hydrogen) atoms. The summed E-state index contributed by atoms with van der Waals surface area (Å²) in [7, 11) is 0. The number of thiophene rings is 1. The Morgan fingerprint density at radius 1 is 1.29 bits per heavy atom. The Morgan fingerprint density at radius 3 is 2.47 bits per heavy atom. The molecule has 1 aromatic rings. The zero-order valence-electron chi connectivity index (χ0n) is 9.72. The van der Waals surface area contributed by atoms with Crippen molar-refractivity contribution in [1.29, 1.82) is 0 Å². The smallest absolute Gasteiger partial charge is 0.0887 e. The molecule has 0 radical (unpaired) electrons. The highest BCUT2D eigenvalue weighted by Gasteiger charge is 2.19. The Morgan fingerprint density at radius 2 is 1.94 bits per heavy atom. The summed E-state index contributed by atoms with van der Waals surface area (Å²) in [6.45, 7) is 0. The van der Waals surface area contributed by atoms with Gasteiger partial charge in [0.15, 0.2) is 0 Å². The van der Waals surface area contributed by atoms with Crippen molar-refractivity contribution in [3.63, 3.8) is 0 Å². The van der Waals surface area contributed by atoms with Crippen molar-refractivity contribution in [2.24, 2.45) is 5.92 Å². The Kier molecular flexibility index (Phi) is 5.85. The van der Waals surface area contributed by atoms with E-state index in [9.17, 15) is 0 Å². The fraction of sp³-hybridized carbons (Fsp3) is 0.692. The van der Waals surface area contributed by atoms with Gasteiger partial charge in [0.25, 0.3) is 0 Å². The van der Waals surface area contributed by atoms with Crippen molar-refractivity contribution in [2.75, 3.05) is 0 Å². The topological polar surface area (TPSA) is 0 Å². The number of halogens is 3. The fourth-order valence-corrected chi connectivity index (χ4v) is 5.20. The molecule has 0 bridgehead atoms. The Balaban J connectivity index is 1.93. The average molecular weight is 401 g/mol. The quantitative estimate of drug-likeness (QED) is 0.380. The standard InChI is InChI=1S/C13H17Br2ClS/c14-10(12-8-11(16)13(15)17-12)7-9-5-3-1-2-4-6-9/h8-10H,1-7H2. The maximum absolute atomic E-state index is 6.09. The molecule has 0 amide bonds. The van der Waals surface area contributed by atoms with Crippen molar-refractivity contribution in [2.45, 2.75) is 49.8 Å². The first kappa shape index (κ1) is 14.4. The molecular weight excluding hydrogens is 383 g/mol. The summed E-state index contributed by atoms with van der Waals surface area (Å²) < 4.78 is 1.06. The monoisotopic (exact) mass is 398 g/mol. The molecular formula is C13H17Br2ClS. The van der Waals surface area contributed by atoms with Crippen molar-refractivity contribution in [3.05, 3.63) is 19.8 Å². The lowest BCUT2D eigenvalue weighted by molar-refractivity contribution is 0.428. The van der Waals surface area contributed by atoms with E-state index in [0.717, 1.165) is 14.7 Å².